The molecule has 0 aliphatic heterocycles. The number of pyridine rings is 1. The summed E-state index contributed by atoms with van der Waals surface area (Å²) in [5, 5.41) is 0.216. The Hall–Kier alpha value is -1.21. The molecule has 4 rings (SSSR count). The van der Waals surface area contributed by atoms with Crippen molar-refractivity contribution in [3.8, 4) is 5.75 Å². The van der Waals surface area contributed by atoms with E-state index in [-0.39, 0.29) is 34.8 Å². The normalized spacial score (nSPS) is 18.0. The largest absolute Gasteiger partial charge is 1.00 e. The third-order valence-corrected chi connectivity index (χ3v) is 5.98. The molecule has 0 radical (unpaired) electrons. The number of hydrogen-bond donors (Lipinski definition) is 0. The Labute approximate surface area is 171 Å². The van der Waals surface area contributed by atoms with Crippen LogP contribution in [0.1, 0.15) is 35.8 Å². The SMILES string of the molecule is COc1ccnc2c1CCCC[C@H]2S(=O)c1nc2ccccc2[n-]1.[Na+]. The van der Waals surface area contributed by atoms with Crippen LogP contribution in [0.25, 0.3) is 11.0 Å². The number of fused-ring (bicyclic) bond motifs is 2. The summed E-state index contributed by atoms with van der Waals surface area (Å²) in [6.07, 6.45) is 5.52. The van der Waals surface area contributed by atoms with Crippen LogP contribution in [0.2, 0.25) is 0 Å². The number of nitrogens with zero attached hydrogens (tertiary/aromatic N) is 3. The number of methoxy groups -OCH3 is 1. The Morgan fingerprint density at radius 1 is 1.24 bits per heavy atom. The van der Waals surface area contributed by atoms with Gasteiger partial charge >= 0.3 is 29.6 Å². The molecule has 2 atom stereocenters. The van der Waals surface area contributed by atoms with E-state index in [1.165, 1.54) is 0 Å². The molecule has 0 amide bonds. The average Bonchev–Trinajstić information content (AvgIpc) is 2.93. The van der Waals surface area contributed by atoms with E-state index in [4.69, 9.17) is 4.74 Å². The molecule has 2 aromatic heterocycles. The fraction of sp³-hybridized carbons (Fsp3) is 0.333. The maximum Gasteiger partial charge on any atom is 1.00 e. The zero-order valence-corrected chi connectivity index (χ0v) is 17.3. The van der Waals surface area contributed by atoms with E-state index in [1.807, 2.05) is 30.3 Å². The molecule has 0 N–H and O–H groups in total. The van der Waals surface area contributed by atoms with Crippen LogP contribution < -0.4 is 39.3 Å². The molecule has 1 unspecified atom stereocenters. The van der Waals surface area contributed by atoms with Gasteiger partial charge in [-0.2, -0.15) is 0 Å². The van der Waals surface area contributed by atoms with Crippen molar-refractivity contribution < 1.29 is 38.5 Å². The van der Waals surface area contributed by atoms with Gasteiger partial charge in [-0.05, 0) is 36.4 Å². The van der Waals surface area contributed by atoms with Gasteiger partial charge in [0.2, 0.25) is 0 Å². The van der Waals surface area contributed by atoms with Gasteiger partial charge in [0.1, 0.15) is 5.75 Å². The molecule has 0 fully saturated rings. The molecule has 1 aromatic carbocycles. The zero-order valence-electron chi connectivity index (χ0n) is 14.4. The first kappa shape index (κ1) is 18.6. The number of rotatable bonds is 3. The summed E-state index contributed by atoms with van der Waals surface area (Å²) >= 11 is 0. The van der Waals surface area contributed by atoms with Gasteiger partial charge < -0.3 is 14.7 Å². The van der Waals surface area contributed by atoms with Crippen molar-refractivity contribution in [2.45, 2.75) is 36.1 Å². The molecule has 3 aromatic rings. The first-order chi connectivity index (χ1) is 11.8. The smallest absolute Gasteiger partial charge is 0.496 e. The second kappa shape index (κ2) is 7.99. The minimum atomic E-state index is -1.33. The summed E-state index contributed by atoms with van der Waals surface area (Å²) < 4.78 is 18.7. The Morgan fingerprint density at radius 3 is 2.88 bits per heavy atom. The van der Waals surface area contributed by atoms with Crippen LogP contribution in [0.5, 0.6) is 5.75 Å². The summed E-state index contributed by atoms with van der Waals surface area (Å²) in [7, 11) is 0.341. The van der Waals surface area contributed by atoms with Crippen molar-refractivity contribution in [3.63, 3.8) is 0 Å². The quantitative estimate of drug-likeness (QED) is 0.490. The standard InChI is InChI=1S/C18H18N3O2S.Na/c1-23-15-10-11-19-17-12(15)6-2-5-9-16(17)24(22)18-20-13-7-3-4-8-14(13)21-18;/h3-4,7-8,10-11,16H,2,5-6,9H2,1H3;/q-1;+1/t16-,24?;/m1./s1. The van der Waals surface area contributed by atoms with E-state index < -0.39 is 10.8 Å². The predicted octanol–water partition coefficient (Wildman–Crippen LogP) is 0.175. The molecule has 7 heteroatoms. The van der Waals surface area contributed by atoms with Crippen molar-refractivity contribution in [1.29, 1.82) is 0 Å². The van der Waals surface area contributed by atoms with Crippen molar-refractivity contribution in [2.75, 3.05) is 7.11 Å². The van der Waals surface area contributed by atoms with E-state index in [0.29, 0.717) is 5.16 Å². The second-order valence-corrected chi connectivity index (χ2v) is 7.43. The minimum Gasteiger partial charge on any atom is -0.496 e. The molecule has 1 aliphatic rings. The monoisotopic (exact) mass is 363 g/mol. The molecular formula is C18H18N3NaO2S. The average molecular weight is 363 g/mol. The number of imidazole rings is 1. The molecule has 25 heavy (non-hydrogen) atoms. The molecule has 2 heterocycles. The van der Waals surface area contributed by atoms with E-state index in [9.17, 15) is 4.21 Å². The molecule has 0 saturated heterocycles. The molecule has 0 spiro atoms. The van der Waals surface area contributed by atoms with Crippen LogP contribution in [0.3, 0.4) is 0 Å². The summed E-state index contributed by atoms with van der Waals surface area (Å²) in [4.78, 5) is 13.5. The van der Waals surface area contributed by atoms with E-state index in [2.05, 4.69) is 15.0 Å². The zero-order chi connectivity index (χ0) is 16.5. The van der Waals surface area contributed by atoms with Crippen molar-refractivity contribution in [2.24, 2.45) is 0 Å². The fourth-order valence-corrected chi connectivity index (χ4v) is 4.71. The van der Waals surface area contributed by atoms with E-state index in [1.54, 1.807) is 13.3 Å². The van der Waals surface area contributed by atoms with E-state index >= 15 is 0 Å². The maximum atomic E-state index is 13.2. The molecule has 0 saturated carbocycles. The van der Waals surface area contributed by atoms with Gasteiger partial charge in [-0.15, -0.1) is 0 Å². The van der Waals surface area contributed by atoms with Crippen LogP contribution in [0, 0.1) is 0 Å². The summed E-state index contributed by atoms with van der Waals surface area (Å²) in [6.45, 7) is 0. The van der Waals surface area contributed by atoms with Crippen LogP contribution in [-0.2, 0) is 17.2 Å². The van der Waals surface area contributed by atoms with Gasteiger partial charge in [0.25, 0.3) is 0 Å². The van der Waals surface area contributed by atoms with Crippen molar-refractivity contribution in [3.05, 3.63) is 47.8 Å². The van der Waals surface area contributed by atoms with Gasteiger partial charge in [0.05, 0.1) is 28.9 Å². The first-order valence-electron chi connectivity index (χ1n) is 8.09. The van der Waals surface area contributed by atoms with Crippen LogP contribution >= 0.6 is 0 Å². The molecule has 0 bridgehead atoms. The fourth-order valence-electron chi connectivity index (χ4n) is 3.29. The second-order valence-electron chi connectivity index (χ2n) is 5.90. The number of para-hydroxylation sites is 2. The van der Waals surface area contributed by atoms with Gasteiger partial charge in [-0.1, -0.05) is 30.7 Å². The van der Waals surface area contributed by atoms with Crippen molar-refractivity contribution >= 4 is 21.8 Å². The van der Waals surface area contributed by atoms with E-state index in [0.717, 1.165) is 53.7 Å². The number of hydrogen-bond acceptors (Lipinski definition) is 4. The molecule has 1 aliphatic carbocycles. The van der Waals surface area contributed by atoms with Crippen LogP contribution in [0.4, 0.5) is 0 Å². The Bertz CT molecular complexity index is 879. The molecule has 5 nitrogen and oxygen atoms in total. The van der Waals surface area contributed by atoms with Gasteiger partial charge in [-0.3, -0.25) is 9.19 Å². The van der Waals surface area contributed by atoms with Crippen LogP contribution in [-0.4, -0.2) is 21.3 Å². The molecular weight excluding hydrogens is 345 g/mol. The number of benzene rings is 1. The third kappa shape index (κ3) is 3.53. The van der Waals surface area contributed by atoms with Gasteiger partial charge in [-0.25, -0.2) is 0 Å². The minimum absolute atomic E-state index is 0. The van der Waals surface area contributed by atoms with Crippen LogP contribution in [0.15, 0.2) is 41.7 Å². The Kier molecular flexibility index (Phi) is 5.94. The van der Waals surface area contributed by atoms with Gasteiger partial charge in [0.15, 0.2) is 0 Å². The van der Waals surface area contributed by atoms with Gasteiger partial charge in [0, 0.05) is 16.9 Å². The Morgan fingerprint density at radius 2 is 2.08 bits per heavy atom. The maximum absolute atomic E-state index is 13.2. The topological polar surface area (TPSA) is 66.2 Å². The summed E-state index contributed by atoms with van der Waals surface area (Å²) in [5.41, 5.74) is 3.52. The number of ether oxygens (including phenoxy) is 1. The first-order valence-corrected chi connectivity index (χ1v) is 9.31. The number of aromatic nitrogens is 3. The van der Waals surface area contributed by atoms with Crippen molar-refractivity contribution in [1.82, 2.24) is 15.0 Å². The summed E-state index contributed by atoms with van der Waals surface area (Å²) in [6, 6.07) is 9.49. The predicted molar refractivity (Wildman–Crippen MR) is 92.6 cm³/mol. The third-order valence-electron chi connectivity index (χ3n) is 4.47. The summed E-state index contributed by atoms with van der Waals surface area (Å²) in [5.74, 6) is 0.831. The molecule has 124 valence electrons. The Balaban J connectivity index is 0.00000182.